The van der Waals surface area contributed by atoms with Crippen LogP contribution in [0.15, 0.2) is 10.6 Å². The molecule has 3 heterocycles. The number of aromatic nitrogens is 2. The molecular formula is C18H19F3N2O5. The molecule has 1 aliphatic carbocycles. The Bertz CT molecular complexity index is 923. The topological polar surface area (TPSA) is 86.7 Å². The van der Waals surface area contributed by atoms with Crippen molar-refractivity contribution in [3.8, 4) is 11.3 Å². The van der Waals surface area contributed by atoms with Crippen molar-refractivity contribution in [2.24, 2.45) is 0 Å². The highest BCUT2D eigenvalue weighted by molar-refractivity contribution is 5.91. The number of nitrogens with zero attached hydrogens (tertiary/aromatic N) is 2. The summed E-state index contributed by atoms with van der Waals surface area (Å²) in [5, 5.41) is 13.6. The Morgan fingerprint density at radius 1 is 1.39 bits per heavy atom. The van der Waals surface area contributed by atoms with Crippen molar-refractivity contribution >= 4 is 5.97 Å². The Morgan fingerprint density at radius 3 is 2.75 bits per heavy atom. The van der Waals surface area contributed by atoms with Crippen LogP contribution >= 0.6 is 0 Å². The Hall–Kier alpha value is -2.33. The Kier molecular flexibility index (Phi) is 4.31. The number of hydrogen-bond donors (Lipinski definition) is 1. The van der Waals surface area contributed by atoms with Gasteiger partial charge in [-0.05, 0) is 0 Å². The fourth-order valence-electron chi connectivity index (χ4n) is 3.82. The second kappa shape index (κ2) is 6.35. The van der Waals surface area contributed by atoms with Gasteiger partial charge in [-0.1, -0.05) is 13.8 Å². The number of carbonyl (C=O) groups is 1. The SMILES string of the molecule is CC1(C)Cc2oc(C(=O)O)c(C(F)(F)F)c2-c2nn(C[C@H]3COCCO3)cc21. The molecule has 0 amide bonds. The van der Waals surface area contributed by atoms with E-state index in [0.717, 1.165) is 0 Å². The van der Waals surface area contributed by atoms with Gasteiger partial charge in [0.05, 0.1) is 31.9 Å². The predicted molar refractivity (Wildman–Crippen MR) is 89.2 cm³/mol. The monoisotopic (exact) mass is 400 g/mol. The zero-order valence-corrected chi connectivity index (χ0v) is 15.3. The fourth-order valence-corrected chi connectivity index (χ4v) is 3.82. The first-order chi connectivity index (χ1) is 13.1. The highest BCUT2D eigenvalue weighted by atomic mass is 19.4. The van der Waals surface area contributed by atoms with Crippen LogP contribution in [0.2, 0.25) is 0 Å². The summed E-state index contributed by atoms with van der Waals surface area (Å²) in [5.74, 6) is -2.86. The summed E-state index contributed by atoms with van der Waals surface area (Å²) in [5.41, 5.74) is -1.42. The van der Waals surface area contributed by atoms with E-state index < -0.39 is 28.9 Å². The molecule has 2 aliphatic rings. The van der Waals surface area contributed by atoms with Crippen molar-refractivity contribution in [1.82, 2.24) is 9.78 Å². The quantitative estimate of drug-likeness (QED) is 0.852. The molecular weight excluding hydrogens is 381 g/mol. The van der Waals surface area contributed by atoms with E-state index in [1.165, 1.54) is 4.68 Å². The fraction of sp³-hybridized carbons (Fsp3) is 0.556. The van der Waals surface area contributed by atoms with E-state index in [4.69, 9.17) is 13.9 Å². The smallest absolute Gasteiger partial charge is 0.421 e. The molecule has 0 unspecified atom stereocenters. The molecule has 1 atom stereocenters. The van der Waals surface area contributed by atoms with Crippen molar-refractivity contribution in [2.45, 2.75) is 44.5 Å². The maximum atomic E-state index is 13.7. The molecule has 7 nitrogen and oxygen atoms in total. The van der Waals surface area contributed by atoms with Crippen molar-refractivity contribution in [2.75, 3.05) is 19.8 Å². The average Bonchev–Trinajstić information content (AvgIpc) is 3.17. The highest BCUT2D eigenvalue weighted by Crippen LogP contribution is 2.50. The lowest BCUT2D eigenvalue weighted by molar-refractivity contribution is -0.138. The van der Waals surface area contributed by atoms with Gasteiger partial charge in [0, 0.05) is 23.6 Å². The van der Waals surface area contributed by atoms with Crippen LogP contribution in [0.5, 0.6) is 0 Å². The molecule has 2 aromatic heterocycles. The normalized spacial score (nSPS) is 21.2. The minimum atomic E-state index is -4.88. The maximum absolute atomic E-state index is 13.7. The van der Waals surface area contributed by atoms with Crippen molar-refractivity contribution in [3.05, 3.63) is 28.8 Å². The summed E-state index contributed by atoms with van der Waals surface area (Å²) >= 11 is 0. The van der Waals surface area contributed by atoms with Gasteiger partial charge in [0.2, 0.25) is 5.76 Å². The van der Waals surface area contributed by atoms with Gasteiger partial charge in [-0.25, -0.2) is 4.79 Å². The van der Waals surface area contributed by atoms with E-state index in [-0.39, 0.29) is 29.5 Å². The van der Waals surface area contributed by atoms with Crippen LogP contribution in [0.3, 0.4) is 0 Å². The standard InChI is InChI=1S/C18H19F3N2O5/c1-17(2)5-11-12(13(18(19,20)21)15(28-11)16(24)25)14-10(17)7-23(22-14)6-9-8-26-3-4-27-9/h7,9H,3-6,8H2,1-2H3,(H,24,25)/t9-/m0/s1. The third-order valence-corrected chi connectivity index (χ3v) is 5.06. The lowest BCUT2D eigenvalue weighted by atomic mass is 9.74. The number of hydrogen-bond acceptors (Lipinski definition) is 5. The number of furan rings is 1. The first kappa shape index (κ1) is 19.0. The number of fused-ring (bicyclic) bond motifs is 3. The molecule has 1 fully saturated rings. The van der Waals surface area contributed by atoms with Gasteiger partial charge in [-0.3, -0.25) is 4.68 Å². The summed E-state index contributed by atoms with van der Waals surface area (Å²) < 4.78 is 58.7. The number of carboxylic acids is 1. The van der Waals surface area contributed by atoms with Crippen LogP contribution in [-0.2, 0) is 34.0 Å². The van der Waals surface area contributed by atoms with Crippen LogP contribution in [0.25, 0.3) is 11.3 Å². The number of halogens is 3. The number of rotatable bonds is 3. The average molecular weight is 400 g/mol. The van der Waals surface area contributed by atoms with Crippen LogP contribution in [0, 0.1) is 0 Å². The van der Waals surface area contributed by atoms with Crippen molar-refractivity contribution < 1.29 is 37.0 Å². The molecule has 0 spiro atoms. The van der Waals surface area contributed by atoms with Crippen LogP contribution in [0.4, 0.5) is 13.2 Å². The van der Waals surface area contributed by atoms with E-state index in [1.807, 2.05) is 13.8 Å². The molecule has 1 N–H and O–H groups in total. The van der Waals surface area contributed by atoms with Gasteiger partial charge >= 0.3 is 12.1 Å². The Labute approximate surface area is 158 Å². The minimum Gasteiger partial charge on any atom is -0.475 e. The highest BCUT2D eigenvalue weighted by Gasteiger charge is 2.48. The summed E-state index contributed by atoms with van der Waals surface area (Å²) in [6.07, 6.45) is -3.29. The molecule has 0 aromatic carbocycles. The lowest BCUT2D eigenvalue weighted by Gasteiger charge is -2.28. The molecule has 1 saturated heterocycles. The number of aromatic carboxylic acids is 1. The summed E-state index contributed by atoms with van der Waals surface area (Å²) in [6, 6.07) is 0. The van der Waals surface area contributed by atoms with Crippen LogP contribution in [0.1, 0.15) is 41.3 Å². The zero-order chi connectivity index (χ0) is 20.3. The maximum Gasteiger partial charge on any atom is 0.421 e. The molecule has 0 saturated carbocycles. The van der Waals surface area contributed by atoms with Gasteiger partial charge in [0.1, 0.15) is 23.1 Å². The number of ether oxygens (including phenoxy) is 2. The first-order valence-corrected chi connectivity index (χ1v) is 8.81. The van der Waals surface area contributed by atoms with E-state index in [9.17, 15) is 23.1 Å². The second-order valence-corrected chi connectivity index (χ2v) is 7.65. The van der Waals surface area contributed by atoms with Gasteiger partial charge < -0.3 is 19.0 Å². The third kappa shape index (κ3) is 3.10. The van der Waals surface area contributed by atoms with E-state index in [0.29, 0.717) is 31.9 Å². The van der Waals surface area contributed by atoms with Gasteiger partial charge in [0.25, 0.3) is 0 Å². The zero-order valence-electron chi connectivity index (χ0n) is 15.3. The Balaban J connectivity index is 1.84. The second-order valence-electron chi connectivity index (χ2n) is 7.65. The summed E-state index contributed by atoms with van der Waals surface area (Å²) in [4.78, 5) is 11.4. The van der Waals surface area contributed by atoms with Gasteiger partial charge in [0.15, 0.2) is 0 Å². The number of carboxylic acid groups (broad SMARTS) is 1. The van der Waals surface area contributed by atoms with Gasteiger partial charge in [-0.2, -0.15) is 18.3 Å². The third-order valence-electron chi connectivity index (χ3n) is 5.06. The summed E-state index contributed by atoms with van der Waals surface area (Å²) in [7, 11) is 0. The van der Waals surface area contributed by atoms with Crippen LogP contribution < -0.4 is 0 Å². The minimum absolute atomic E-state index is 0.00951. The van der Waals surface area contributed by atoms with E-state index in [2.05, 4.69) is 5.10 Å². The molecule has 0 radical (unpaired) electrons. The Morgan fingerprint density at radius 2 is 2.14 bits per heavy atom. The van der Waals surface area contributed by atoms with Crippen molar-refractivity contribution in [3.63, 3.8) is 0 Å². The molecule has 10 heteroatoms. The molecule has 28 heavy (non-hydrogen) atoms. The predicted octanol–water partition coefficient (Wildman–Crippen LogP) is 3.11. The first-order valence-electron chi connectivity index (χ1n) is 8.81. The molecule has 2 aromatic rings. The summed E-state index contributed by atoms with van der Waals surface area (Å²) in [6.45, 7) is 5.37. The van der Waals surface area contributed by atoms with Crippen LogP contribution in [-0.4, -0.2) is 46.8 Å². The van der Waals surface area contributed by atoms with Crippen molar-refractivity contribution in [1.29, 1.82) is 0 Å². The van der Waals surface area contributed by atoms with Gasteiger partial charge in [-0.15, -0.1) is 0 Å². The van der Waals surface area contributed by atoms with E-state index in [1.54, 1.807) is 6.20 Å². The largest absolute Gasteiger partial charge is 0.475 e. The molecule has 0 bridgehead atoms. The number of alkyl halides is 3. The molecule has 4 rings (SSSR count). The molecule has 152 valence electrons. The lowest BCUT2D eigenvalue weighted by Crippen LogP contribution is -2.32. The molecule has 1 aliphatic heterocycles. The van der Waals surface area contributed by atoms with E-state index >= 15 is 0 Å².